The van der Waals surface area contributed by atoms with Gasteiger partial charge in [0.2, 0.25) is 5.91 Å². The maximum absolute atomic E-state index is 13.1. The fraction of sp³-hybridized carbons (Fsp3) is 0.500. The molecule has 0 aliphatic heterocycles. The number of hydrogen-bond acceptors (Lipinski definition) is 2. The number of anilines is 1. The summed E-state index contributed by atoms with van der Waals surface area (Å²) in [4.78, 5) is 11.9. The van der Waals surface area contributed by atoms with Crippen molar-refractivity contribution in [3.05, 3.63) is 24.0 Å². The lowest BCUT2D eigenvalue weighted by Crippen LogP contribution is -2.32. The van der Waals surface area contributed by atoms with Gasteiger partial charge < -0.3 is 10.4 Å². The molecule has 116 valence electrons. The standard InChI is InChI=1S/C14H15F4NO2/c15-11-7-10(5-6-12(11)20)19-13(21)8-1-3-9(4-2-8)14(16,17)18/h5-9,20H,1-4H2,(H,19,21). The van der Waals surface area contributed by atoms with Crippen molar-refractivity contribution < 1.29 is 27.5 Å². The third-order valence-electron chi connectivity index (χ3n) is 3.78. The van der Waals surface area contributed by atoms with Crippen molar-refractivity contribution in [2.24, 2.45) is 11.8 Å². The lowest BCUT2D eigenvalue weighted by Gasteiger charge is -2.29. The molecule has 0 radical (unpaired) electrons. The topological polar surface area (TPSA) is 49.3 Å². The molecule has 2 rings (SSSR count). The van der Waals surface area contributed by atoms with Gasteiger partial charge >= 0.3 is 6.18 Å². The molecule has 1 fully saturated rings. The molecule has 7 heteroatoms. The molecule has 1 amide bonds. The quantitative estimate of drug-likeness (QED) is 0.644. The zero-order valence-corrected chi connectivity index (χ0v) is 11.1. The molecule has 2 N–H and O–H groups in total. The Morgan fingerprint density at radius 3 is 2.33 bits per heavy atom. The Bertz CT molecular complexity index is 522. The number of hydrogen-bond donors (Lipinski definition) is 2. The minimum absolute atomic E-state index is 0.0640. The average molecular weight is 305 g/mol. The van der Waals surface area contributed by atoms with Crippen LogP contribution in [0.5, 0.6) is 5.75 Å². The second kappa shape index (κ2) is 5.91. The van der Waals surface area contributed by atoms with E-state index < -0.39 is 35.5 Å². The maximum Gasteiger partial charge on any atom is 0.391 e. The second-order valence-electron chi connectivity index (χ2n) is 5.25. The van der Waals surface area contributed by atoms with Crippen molar-refractivity contribution in [3.8, 4) is 5.75 Å². The number of alkyl halides is 3. The third kappa shape index (κ3) is 3.86. The Balaban J connectivity index is 1.92. The lowest BCUT2D eigenvalue weighted by molar-refractivity contribution is -0.184. The Labute approximate surface area is 119 Å². The predicted molar refractivity (Wildman–Crippen MR) is 68.2 cm³/mol. The predicted octanol–water partition coefficient (Wildman–Crippen LogP) is 3.84. The first-order valence-electron chi connectivity index (χ1n) is 6.63. The molecule has 1 aromatic carbocycles. The van der Waals surface area contributed by atoms with Crippen molar-refractivity contribution in [3.63, 3.8) is 0 Å². The Morgan fingerprint density at radius 1 is 1.19 bits per heavy atom. The van der Waals surface area contributed by atoms with E-state index in [0.29, 0.717) is 0 Å². The van der Waals surface area contributed by atoms with Crippen molar-refractivity contribution in [1.82, 2.24) is 0 Å². The van der Waals surface area contributed by atoms with Crippen molar-refractivity contribution in [2.45, 2.75) is 31.9 Å². The van der Waals surface area contributed by atoms with Gasteiger partial charge in [0.15, 0.2) is 11.6 Å². The van der Waals surface area contributed by atoms with Crippen LogP contribution in [-0.2, 0) is 4.79 Å². The number of halogens is 4. The number of amides is 1. The summed E-state index contributed by atoms with van der Waals surface area (Å²) >= 11 is 0. The van der Waals surface area contributed by atoms with Crippen LogP contribution in [0, 0.1) is 17.7 Å². The first-order chi connectivity index (χ1) is 9.77. The normalized spacial score (nSPS) is 22.9. The minimum atomic E-state index is -4.21. The summed E-state index contributed by atoms with van der Waals surface area (Å²) in [6.45, 7) is 0. The summed E-state index contributed by atoms with van der Waals surface area (Å²) in [5.41, 5.74) is 0.174. The van der Waals surface area contributed by atoms with Crippen molar-refractivity contribution in [1.29, 1.82) is 0 Å². The molecule has 0 unspecified atom stereocenters. The van der Waals surface area contributed by atoms with E-state index in [1.807, 2.05) is 0 Å². The lowest BCUT2D eigenvalue weighted by atomic mass is 9.81. The zero-order valence-electron chi connectivity index (χ0n) is 11.1. The molecule has 1 aromatic rings. The van der Waals surface area contributed by atoms with Crippen LogP contribution < -0.4 is 5.32 Å². The van der Waals surface area contributed by atoms with Gasteiger partial charge in [-0.3, -0.25) is 4.79 Å². The number of aromatic hydroxyl groups is 1. The molecular formula is C14H15F4NO2. The van der Waals surface area contributed by atoms with Gasteiger partial charge in [0.25, 0.3) is 0 Å². The van der Waals surface area contributed by atoms with Crippen LogP contribution >= 0.6 is 0 Å². The second-order valence-corrected chi connectivity index (χ2v) is 5.25. The highest BCUT2D eigenvalue weighted by Gasteiger charge is 2.42. The Morgan fingerprint density at radius 2 is 1.81 bits per heavy atom. The van der Waals surface area contributed by atoms with Crippen LogP contribution in [-0.4, -0.2) is 17.2 Å². The summed E-state index contributed by atoms with van der Waals surface area (Å²) in [6.07, 6.45) is -4.01. The summed E-state index contributed by atoms with van der Waals surface area (Å²) in [7, 11) is 0. The fourth-order valence-corrected chi connectivity index (χ4v) is 2.51. The van der Waals surface area contributed by atoms with Crippen LogP contribution in [0.15, 0.2) is 18.2 Å². The number of benzene rings is 1. The molecule has 21 heavy (non-hydrogen) atoms. The van der Waals surface area contributed by atoms with Gasteiger partial charge in [-0.05, 0) is 37.8 Å². The van der Waals surface area contributed by atoms with Crippen LogP contribution in [0.1, 0.15) is 25.7 Å². The van der Waals surface area contributed by atoms with Gasteiger partial charge in [-0.2, -0.15) is 13.2 Å². The smallest absolute Gasteiger partial charge is 0.391 e. The number of rotatable bonds is 2. The maximum atomic E-state index is 13.1. The molecule has 0 bridgehead atoms. The highest BCUT2D eigenvalue weighted by atomic mass is 19.4. The molecule has 0 atom stereocenters. The number of carbonyl (C=O) groups excluding carboxylic acids is 1. The van der Waals surface area contributed by atoms with Crippen LogP contribution in [0.3, 0.4) is 0 Å². The molecule has 1 saturated carbocycles. The van der Waals surface area contributed by atoms with E-state index in [0.717, 1.165) is 12.1 Å². The highest BCUT2D eigenvalue weighted by Crippen LogP contribution is 2.39. The molecular weight excluding hydrogens is 290 g/mol. The first kappa shape index (κ1) is 15.6. The van der Waals surface area contributed by atoms with Crippen molar-refractivity contribution in [2.75, 3.05) is 5.32 Å². The number of phenols is 1. The summed E-state index contributed by atoms with van der Waals surface area (Å²) in [5.74, 6) is -3.65. The Kier molecular flexibility index (Phi) is 4.39. The molecule has 0 heterocycles. The Hall–Kier alpha value is -1.79. The van der Waals surface area contributed by atoms with E-state index in [9.17, 15) is 22.4 Å². The van der Waals surface area contributed by atoms with E-state index in [-0.39, 0.29) is 31.4 Å². The minimum Gasteiger partial charge on any atom is -0.505 e. The highest BCUT2D eigenvalue weighted by molar-refractivity contribution is 5.92. The number of carbonyl (C=O) groups is 1. The summed E-state index contributed by atoms with van der Waals surface area (Å²) in [6, 6.07) is 3.40. The third-order valence-corrected chi connectivity index (χ3v) is 3.78. The largest absolute Gasteiger partial charge is 0.505 e. The van der Waals surface area contributed by atoms with Gasteiger partial charge in [-0.25, -0.2) is 4.39 Å². The van der Waals surface area contributed by atoms with Gasteiger partial charge in [-0.15, -0.1) is 0 Å². The number of phenolic OH excluding ortho intramolecular Hbond substituents is 1. The molecule has 3 nitrogen and oxygen atoms in total. The van der Waals surface area contributed by atoms with E-state index >= 15 is 0 Å². The fourth-order valence-electron chi connectivity index (χ4n) is 2.51. The van der Waals surface area contributed by atoms with Crippen LogP contribution in [0.25, 0.3) is 0 Å². The number of nitrogens with one attached hydrogen (secondary N) is 1. The molecule has 0 saturated heterocycles. The van der Waals surface area contributed by atoms with Crippen LogP contribution in [0.4, 0.5) is 23.2 Å². The zero-order chi connectivity index (χ0) is 15.6. The van der Waals surface area contributed by atoms with E-state index in [1.54, 1.807) is 0 Å². The van der Waals surface area contributed by atoms with Crippen molar-refractivity contribution >= 4 is 11.6 Å². The van der Waals surface area contributed by atoms with Gasteiger partial charge in [-0.1, -0.05) is 0 Å². The van der Waals surface area contributed by atoms with Crippen LogP contribution in [0.2, 0.25) is 0 Å². The van der Waals surface area contributed by atoms with E-state index in [4.69, 9.17) is 5.11 Å². The first-order valence-corrected chi connectivity index (χ1v) is 6.63. The van der Waals surface area contributed by atoms with Gasteiger partial charge in [0.05, 0.1) is 5.92 Å². The van der Waals surface area contributed by atoms with E-state index in [1.165, 1.54) is 6.07 Å². The average Bonchev–Trinajstić information content (AvgIpc) is 2.42. The summed E-state index contributed by atoms with van der Waals surface area (Å²) in [5, 5.41) is 11.5. The molecule has 0 aromatic heterocycles. The van der Waals surface area contributed by atoms with Gasteiger partial charge in [0, 0.05) is 17.7 Å². The SMILES string of the molecule is O=C(Nc1ccc(O)c(F)c1)C1CCC(C(F)(F)F)CC1. The monoisotopic (exact) mass is 305 g/mol. The van der Waals surface area contributed by atoms with Gasteiger partial charge in [0.1, 0.15) is 0 Å². The molecule has 0 spiro atoms. The summed E-state index contributed by atoms with van der Waals surface area (Å²) < 4.78 is 50.7. The molecule has 1 aliphatic rings. The molecule has 1 aliphatic carbocycles. The van der Waals surface area contributed by atoms with E-state index in [2.05, 4.69) is 5.32 Å².